The van der Waals surface area contributed by atoms with Gasteiger partial charge in [0.25, 0.3) is 0 Å². The lowest BCUT2D eigenvalue weighted by Gasteiger charge is -2.41. The summed E-state index contributed by atoms with van der Waals surface area (Å²) in [6, 6.07) is 9.89. The van der Waals surface area contributed by atoms with Crippen LogP contribution in [-0.4, -0.2) is 85.4 Å². The molecule has 10 nitrogen and oxygen atoms in total. The van der Waals surface area contributed by atoms with E-state index in [-0.39, 0.29) is 25.0 Å². The molecular weight excluding hydrogens is 516 g/mol. The molecule has 2 aromatic carbocycles. The average Bonchev–Trinajstić information content (AvgIpc) is 3.76. The molecule has 4 unspecified atom stereocenters. The average molecular weight is 551 g/mol. The Morgan fingerprint density at radius 2 is 1.90 bits per heavy atom. The molecule has 212 valence electrons. The molecule has 1 saturated carbocycles. The van der Waals surface area contributed by atoms with Gasteiger partial charge >= 0.3 is 0 Å². The second-order valence-corrected chi connectivity index (χ2v) is 10.3. The van der Waals surface area contributed by atoms with Crippen molar-refractivity contribution in [1.82, 2.24) is 10.2 Å². The van der Waals surface area contributed by atoms with Crippen LogP contribution in [0.3, 0.4) is 0 Å². The Morgan fingerprint density at radius 1 is 1.15 bits per heavy atom. The molecule has 0 radical (unpaired) electrons. The van der Waals surface area contributed by atoms with E-state index in [0.717, 1.165) is 18.4 Å². The Kier molecular flexibility index (Phi) is 8.09. The number of ether oxygens (including phenoxy) is 3. The van der Waals surface area contributed by atoms with Crippen LogP contribution in [0.4, 0.5) is 0 Å². The highest BCUT2D eigenvalue weighted by Gasteiger charge is 2.52. The molecule has 2 aliphatic carbocycles. The minimum atomic E-state index is -1.17. The number of benzene rings is 2. The fraction of sp³-hybridized carbons (Fsp3) is 0.433. The van der Waals surface area contributed by atoms with Gasteiger partial charge in [-0.25, -0.2) is 0 Å². The molecule has 5 rings (SSSR count). The maximum Gasteiger partial charge on any atom is 0.247 e. The number of carbonyl (C=O) groups excluding carboxylic acids is 3. The number of aliphatic hydroxyl groups is 2. The minimum absolute atomic E-state index is 0.0325. The van der Waals surface area contributed by atoms with Crippen LogP contribution in [0.15, 0.2) is 48.0 Å². The first-order chi connectivity index (χ1) is 19.4. The molecule has 3 N–H and O–H groups in total. The molecule has 10 heteroatoms. The van der Waals surface area contributed by atoms with Gasteiger partial charge in [-0.1, -0.05) is 18.2 Å². The van der Waals surface area contributed by atoms with E-state index in [9.17, 15) is 24.6 Å². The highest BCUT2D eigenvalue weighted by Crippen LogP contribution is 2.51. The van der Waals surface area contributed by atoms with Crippen molar-refractivity contribution in [3.63, 3.8) is 0 Å². The monoisotopic (exact) mass is 550 g/mol. The normalized spacial score (nSPS) is 22.8. The van der Waals surface area contributed by atoms with Crippen molar-refractivity contribution >= 4 is 18.1 Å². The maximum atomic E-state index is 13.6. The van der Waals surface area contributed by atoms with Crippen LogP contribution in [0.25, 0.3) is 0 Å². The Bertz CT molecular complexity index is 1320. The smallest absolute Gasteiger partial charge is 0.247 e. The molecule has 1 fully saturated rings. The molecule has 2 amide bonds. The van der Waals surface area contributed by atoms with Gasteiger partial charge in [0, 0.05) is 35.7 Å². The molecule has 0 bridgehead atoms. The van der Waals surface area contributed by atoms with E-state index in [2.05, 4.69) is 5.32 Å². The van der Waals surface area contributed by atoms with Gasteiger partial charge in [-0.3, -0.25) is 14.4 Å². The number of carbonyl (C=O) groups is 3. The van der Waals surface area contributed by atoms with Gasteiger partial charge in [-0.15, -0.1) is 0 Å². The number of para-hydroxylation sites is 1. The SMILES string of the molecule is COc1ccccc1CCN(C(=O)C1CC1)C1C=C(C(=O)NCCO)C2c3cc(C=O)cc(OC)c3OC2C1O. The van der Waals surface area contributed by atoms with Crippen molar-refractivity contribution in [2.24, 2.45) is 5.92 Å². The van der Waals surface area contributed by atoms with Crippen LogP contribution in [0.5, 0.6) is 17.2 Å². The molecule has 0 saturated heterocycles. The van der Waals surface area contributed by atoms with E-state index in [1.807, 2.05) is 24.3 Å². The Morgan fingerprint density at radius 3 is 2.58 bits per heavy atom. The zero-order valence-electron chi connectivity index (χ0n) is 22.5. The van der Waals surface area contributed by atoms with E-state index in [1.165, 1.54) is 7.11 Å². The summed E-state index contributed by atoms with van der Waals surface area (Å²) in [6.45, 7) is 0.0771. The zero-order valence-corrected chi connectivity index (χ0v) is 22.5. The minimum Gasteiger partial charge on any atom is -0.496 e. The first-order valence-corrected chi connectivity index (χ1v) is 13.5. The third kappa shape index (κ3) is 5.16. The van der Waals surface area contributed by atoms with Crippen molar-refractivity contribution in [1.29, 1.82) is 0 Å². The summed E-state index contributed by atoms with van der Waals surface area (Å²) in [5, 5.41) is 23.7. The number of fused-ring (bicyclic) bond motifs is 3. The summed E-state index contributed by atoms with van der Waals surface area (Å²) in [4.78, 5) is 40.3. The lowest BCUT2D eigenvalue weighted by molar-refractivity contribution is -0.138. The molecule has 40 heavy (non-hydrogen) atoms. The predicted molar refractivity (Wildman–Crippen MR) is 145 cm³/mol. The lowest BCUT2D eigenvalue weighted by Crippen LogP contribution is -2.56. The quantitative estimate of drug-likeness (QED) is 0.360. The fourth-order valence-electron chi connectivity index (χ4n) is 5.68. The molecule has 4 atom stereocenters. The van der Waals surface area contributed by atoms with Gasteiger partial charge in [0.1, 0.15) is 24.2 Å². The molecule has 0 aromatic heterocycles. The van der Waals surface area contributed by atoms with Gasteiger partial charge in [0.2, 0.25) is 11.8 Å². The number of hydrogen-bond donors (Lipinski definition) is 3. The number of aliphatic hydroxyl groups excluding tert-OH is 2. The van der Waals surface area contributed by atoms with Crippen LogP contribution in [0.1, 0.15) is 40.2 Å². The number of methoxy groups -OCH3 is 2. The van der Waals surface area contributed by atoms with Crippen molar-refractivity contribution in [3.05, 3.63) is 64.7 Å². The zero-order chi connectivity index (χ0) is 28.4. The fourth-order valence-corrected chi connectivity index (χ4v) is 5.68. The number of nitrogens with zero attached hydrogens (tertiary/aromatic N) is 1. The molecule has 1 aliphatic heterocycles. The van der Waals surface area contributed by atoms with Crippen LogP contribution >= 0.6 is 0 Å². The third-order valence-electron chi connectivity index (χ3n) is 7.80. The Balaban J connectivity index is 1.55. The molecular formula is C30H34N2O8. The molecule has 2 aromatic rings. The van der Waals surface area contributed by atoms with E-state index >= 15 is 0 Å². The van der Waals surface area contributed by atoms with Crippen molar-refractivity contribution in [3.8, 4) is 17.2 Å². The first-order valence-electron chi connectivity index (χ1n) is 13.5. The summed E-state index contributed by atoms with van der Waals surface area (Å²) in [5.41, 5.74) is 2.10. The molecule has 0 spiro atoms. The number of rotatable bonds is 11. The number of amides is 2. The van der Waals surface area contributed by atoms with Gasteiger partial charge in [-0.05, 0) is 49.1 Å². The largest absolute Gasteiger partial charge is 0.496 e. The standard InChI is InChI=1S/C30H34N2O8/c1-38-23-6-4-3-5-18(23)9-11-32(30(37)19-7-8-19)22-15-21(29(36)31-10-12-33)25-20-13-17(16-34)14-24(39-2)27(20)40-28(25)26(22)35/h3-6,13-16,19,22,25-26,28,33,35H,7-12H2,1-2H3,(H,31,36). The highest BCUT2D eigenvalue weighted by atomic mass is 16.5. The number of aldehydes is 1. The van der Waals surface area contributed by atoms with Gasteiger partial charge in [0.05, 0.1) is 32.8 Å². The number of nitrogens with one attached hydrogen (secondary N) is 1. The number of hydrogen-bond acceptors (Lipinski definition) is 8. The topological polar surface area (TPSA) is 135 Å². The molecule has 1 heterocycles. The van der Waals surface area contributed by atoms with Crippen molar-refractivity contribution in [2.75, 3.05) is 33.9 Å². The van der Waals surface area contributed by atoms with Crippen molar-refractivity contribution in [2.45, 2.75) is 43.4 Å². The summed E-state index contributed by atoms with van der Waals surface area (Å²) < 4.78 is 17.2. The summed E-state index contributed by atoms with van der Waals surface area (Å²) in [5.74, 6) is 0.00231. The second kappa shape index (κ2) is 11.7. The van der Waals surface area contributed by atoms with Gasteiger partial charge in [0.15, 0.2) is 11.5 Å². The Labute approximate surface area is 232 Å². The summed E-state index contributed by atoms with van der Waals surface area (Å²) in [7, 11) is 3.05. The Hall–Kier alpha value is -3.89. The van der Waals surface area contributed by atoms with Crippen LogP contribution in [0, 0.1) is 5.92 Å². The van der Waals surface area contributed by atoms with E-state index in [4.69, 9.17) is 14.2 Å². The van der Waals surface area contributed by atoms with E-state index in [0.29, 0.717) is 53.2 Å². The van der Waals surface area contributed by atoms with Crippen molar-refractivity contribution < 1.29 is 38.8 Å². The van der Waals surface area contributed by atoms with Gasteiger partial charge in [-0.2, -0.15) is 0 Å². The van der Waals surface area contributed by atoms with Crippen LogP contribution < -0.4 is 19.5 Å². The van der Waals surface area contributed by atoms with Gasteiger partial charge < -0.3 is 34.6 Å². The highest BCUT2D eigenvalue weighted by molar-refractivity contribution is 5.96. The predicted octanol–water partition coefficient (Wildman–Crippen LogP) is 1.62. The molecule has 3 aliphatic rings. The maximum absolute atomic E-state index is 13.6. The van der Waals surface area contributed by atoms with Crippen LogP contribution in [0.2, 0.25) is 0 Å². The van der Waals surface area contributed by atoms with E-state index in [1.54, 1.807) is 30.2 Å². The summed E-state index contributed by atoms with van der Waals surface area (Å²) in [6.07, 6.45) is 2.28. The van der Waals surface area contributed by atoms with Crippen LogP contribution in [-0.2, 0) is 16.0 Å². The second-order valence-electron chi connectivity index (χ2n) is 10.3. The van der Waals surface area contributed by atoms with E-state index < -0.39 is 30.1 Å². The lowest BCUT2D eigenvalue weighted by atomic mass is 9.77. The third-order valence-corrected chi connectivity index (χ3v) is 7.80. The summed E-state index contributed by atoms with van der Waals surface area (Å²) >= 11 is 0. The first kappa shape index (κ1) is 27.7.